The Hall–Kier alpha value is -1.49. The van der Waals surface area contributed by atoms with E-state index < -0.39 is 0 Å². The molecule has 0 amide bonds. The molecule has 0 fully saturated rings. The molecule has 0 aromatic carbocycles. The van der Waals surface area contributed by atoms with Crippen molar-refractivity contribution >= 4 is 18.6 Å². The van der Waals surface area contributed by atoms with Gasteiger partial charge in [0, 0.05) is 6.61 Å². The molecule has 1 heterocycles. The molecule has 5 heteroatoms. The molecule has 0 spiro atoms. The van der Waals surface area contributed by atoms with Gasteiger partial charge in [0.1, 0.15) is 5.69 Å². The first-order valence-electron chi connectivity index (χ1n) is 4.90. The number of ether oxygens (including phenoxy) is 1. The van der Waals surface area contributed by atoms with Gasteiger partial charge in [-0.05, 0) is 33.6 Å². The molecule has 0 aliphatic heterocycles. The Balaban J connectivity index is 2.96. The van der Waals surface area contributed by atoms with Gasteiger partial charge in [0.2, 0.25) is 5.82 Å². The van der Waals surface area contributed by atoms with E-state index in [9.17, 15) is 0 Å². The standard InChI is InChI=1S/C10H16N4O/c1-5-7-9-10(11-4)13-14(12-9)8(3)15-6-2/h5,7-8H,4,6H2,1-3H3/b7-5-. The van der Waals surface area contributed by atoms with E-state index in [2.05, 4.69) is 21.9 Å². The molecule has 1 rings (SSSR count). The van der Waals surface area contributed by atoms with Crippen molar-refractivity contribution < 1.29 is 4.74 Å². The van der Waals surface area contributed by atoms with E-state index in [4.69, 9.17) is 4.74 Å². The van der Waals surface area contributed by atoms with E-state index in [-0.39, 0.29) is 6.23 Å². The lowest BCUT2D eigenvalue weighted by Gasteiger charge is -2.09. The summed E-state index contributed by atoms with van der Waals surface area (Å²) >= 11 is 0. The Kier molecular flexibility index (Phi) is 4.17. The van der Waals surface area contributed by atoms with E-state index in [1.807, 2.05) is 32.9 Å². The van der Waals surface area contributed by atoms with E-state index in [1.54, 1.807) is 0 Å². The van der Waals surface area contributed by atoms with Crippen molar-refractivity contribution in [1.29, 1.82) is 0 Å². The molecule has 5 nitrogen and oxygen atoms in total. The quantitative estimate of drug-likeness (QED) is 0.697. The van der Waals surface area contributed by atoms with Crippen LogP contribution >= 0.6 is 0 Å². The molecule has 0 N–H and O–H groups in total. The second kappa shape index (κ2) is 5.41. The van der Waals surface area contributed by atoms with Crippen molar-refractivity contribution in [3.8, 4) is 0 Å². The Bertz CT molecular complexity index is 356. The number of aromatic nitrogens is 3. The normalized spacial score (nSPS) is 13.3. The molecule has 0 saturated heterocycles. The smallest absolute Gasteiger partial charge is 0.201 e. The van der Waals surface area contributed by atoms with Crippen LogP contribution in [0.3, 0.4) is 0 Å². The molecule has 1 aromatic heterocycles. The third kappa shape index (κ3) is 2.73. The van der Waals surface area contributed by atoms with Crippen LogP contribution < -0.4 is 0 Å². The van der Waals surface area contributed by atoms with Gasteiger partial charge >= 0.3 is 0 Å². The third-order valence-corrected chi connectivity index (χ3v) is 1.84. The summed E-state index contributed by atoms with van der Waals surface area (Å²) in [5, 5.41) is 8.42. The summed E-state index contributed by atoms with van der Waals surface area (Å²) in [6, 6.07) is 0. The molecule has 0 aliphatic rings. The zero-order chi connectivity index (χ0) is 11.3. The van der Waals surface area contributed by atoms with Gasteiger partial charge in [-0.3, -0.25) is 0 Å². The van der Waals surface area contributed by atoms with Gasteiger partial charge in [0.25, 0.3) is 0 Å². The molecule has 1 aromatic rings. The van der Waals surface area contributed by atoms with Gasteiger partial charge in [-0.15, -0.1) is 10.2 Å². The summed E-state index contributed by atoms with van der Waals surface area (Å²) < 4.78 is 5.37. The highest BCUT2D eigenvalue weighted by Gasteiger charge is 2.11. The fraction of sp³-hybridized carbons (Fsp3) is 0.500. The Morgan fingerprint density at radius 2 is 2.33 bits per heavy atom. The van der Waals surface area contributed by atoms with Gasteiger partial charge < -0.3 is 4.74 Å². The molecule has 0 aliphatic carbocycles. The number of nitrogens with zero attached hydrogens (tertiary/aromatic N) is 4. The van der Waals surface area contributed by atoms with Crippen LogP contribution in [0.5, 0.6) is 0 Å². The first-order chi connectivity index (χ1) is 7.22. The molecular weight excluding hydrogens is 192 g/mol. The minimum Gasteiger partial charge on any atom is -0.355 e. The second-order valence-electron chi connectivity index (χ2n) is 2.94. The maximum atomic E-state index is 5.37. The van der Waals surface area contributed by atoms with Gasteiger partial charge in [-0.1, -0.05) is 6.08 Å². The predicted octanol–water partition coefficient (Wildman–Crippen LogP) is 2.20. The SMILES string of the molecule is C=Nc1nn(C(C)OCC)nc1/C=C\C. The molecule has 15 heavy (non-hydrogen) atoms. The number of hydrogen-bond acceptors (Lipinski definition) is 4. The first kappa shape index (κ1) is 11.6. The van der Waals surface area contributed by atoms with Crippen molar-refractivity contribution in [3.63, 3.8) is 0 Å². The molecule has 0 radical (unpaired) electrons. The van der Waals surface area contributed by atoms with E-state index in [0.717, 1.165) is 0 Å². The van der Waals surface area contributed by atoms with Crippen LogP contribution in [-0.2, 0) is 4.74 Å². The Labute approximate surface area is 89.5 Å². The third-order valence-electron chi connectivity index (χ3n) is 1.84. The largest absolute Gasteiger partial charge is 0.355 e. The van der Waals surface area contributed by atoms with Crippen molar-refractivity contribution in [2.45, 2.75) is 27.0 Å². The highest BCUT2D eigenvalue weighted by Crippen LogP contribution is 2.17. The summed E-state index contributed by atoms with van der Waals surface area (Å²) in [5.74, 6) is 0.527. The van der Waals surface area contributed by atoms with Crippen LogP contribution in [0.25, 0.3) is 6.08 Å². The fourth-order valence-corrected chi connectivity index (χ4v) is 1.17. The van der Waals surface area contributed by atoms with Crippen molar-refractivity contribution in [2.75, 3.05) is 6.61 Å². The minimum absolute atomic E-state index is 0.186. The highest BCUT2D eigenvalue weighted by molar-refractivity contribution is 5.57. The monoisotopic (exact) mass is 208 g/mol. The minimum atomic E-state index is -0.186. The maximum Gasteiger partial charge on any atom is 0.201 e. The van der Waals surface area contributed by atoms with E-state index in [1.165, 1.54) is 4.80 Å². The number of allylic oxidation sites excluding steroid dienone is 1. The summed E-state index contributed by atoms with van der Waals surface area (Å²) in [7, 11) is 0. The number of aliphatic imine (C=N–C) groups is 1. The Morgan fingerprint density at radius 3 is 2.87 bits per heavy atom. The van der Waals surface area contributed by atoms with Crippen molar-refractivity contribution in [3.05, 3.63) is 11.8 Å². The van der Waals surface area contributed by atoms with Crippen LogP contribution in [0.2, 0.25) is 0 Å². The lowest BCUT2D eigenvalue weighted by molar-refractivity contribution is 0.00589. The highest BCUT2D eigenvalue weighted by atomic mass is 16.5. The molecule has 82 valence electrons. The van der Waals surface area contributed by atoms with Crippen LogP contribution in [0.15, 0.2) is 11.1 Å². The molecule has 1 unspecified atom stereocenters. The van der Waals surface area contributed by atoms with Gasteiger partial charge in [-0.25, -0.2) is 4.99 Å². The lowest BCUT2D eigenvalue weighted by Crippen LogP contribution is -2.12. The first-order valence-corrected chi connectivity index (χ1v) is 4.90. The number of hydrogen-bond donors (Lipinski definition) is 0. The summed E-state index contributed by atoms with van der Waals surface area (Å²) in [6.07, 6.45) is 3.54. The van der Waals surface area contributed by atoms with Crippen molar-refractivity contribution in [2.24, 2.45) is 4.99 Å². The average molecular weight is 208 g/mol. The fourth-order valence-electron chi connectivity index (χ4n) is 1.17. The summed E-state index contributed by atoms with van der Waals surface area (Å²) in [6.45, 7) is 9.80. The molecule has 0 bridgehead atoms. The number of rotatable bonds is 5. The van der Waals surface area contributed by atoms with Crippen LogP contribution in [-0.4, -0.2) is 28.3 Å². The van der Waals surface area contributed by atoms with Crippen molar-refractivity contribution in [1.82, 2.24) is 15.0 Å². The predicted molar refractivity (Wildman–Crippen MR) is 60.3 cm³/mol. The van der Waals surface area contributed by atoms with E-state index >= 15 is 0 Å². The lowest BCUT2D eigenvalue weighted by atomic mass is 10.4. The van der Waals surface area contributed by atoms with Crippen LogP contribution in [0.4, 0.5) is 5.82 Å². The van der Waals surface area contributed by atoms with Gasteiger partial charge in [0.15, 0.2) is 6.23 Å². The zero-order valence-electron chi connectivity index (χ0n) is 9.34. The van der Waals surface area contributed by atoms with Gasteiger partial charge in [0.05, 0.1) is 0 Å². The van der Waals surface area contributed by atoms with Gasteiger partial charge in [-0.2, -0.15) is 4.80 Å². The summed E-state index contributed by atoms with van der Waals surface area (Å²) in [5.41, 5.74) is 0.707. The average Bonchev–Trinajstić information content (AvgIpc) is 2.62. The topological polar surface area (TPSA) is 52.3 Å². The van der Waals surface area contributed by atoms with Crippen LogP contribution in [0, 0.1) is 0 Å². The maximum absolute atomic E-state index is 5.37. The second-order valence-corrected chi connectivity index (χ2v) is 2.94. The van der Waals surface area contributed by atoms with Crippen LogP contribution in [0.1, 0.15) is 32.7 Å². The van der Waals surface area contributed by atoms with E-state index in [0.29, 0.717) is 18.1 Å². The zero-order valence-corrected chi connectivity index (χ0v) is 9.34. The molecule has 1 atom stereocenters. The molecular formula is C10H16N4O. The summed E-state index contributed by atoms with van der Waals surface area (Å²) in [4.78, 5) is 5.30. The Morgan fingerprint density at radius 1 is 1.60 bits per heavy atom. The molecule has 0 saturated carbocycles.